The number of carbonyl (C=O) groups is 1. The van der Waals surface area contributed by atoms with Gasteiger partial charge in [0.05, 0.1) is 5.69 Å². The third kappa shape index (κ3) is 2.93. The van der Waals surface area contributed by atoms with Crippen molar-refractivity contribution < 1.29 is 9.53 Å². The molecule has 5 nitrogen and oxygen atoms in total. The summed E-state index contributed by atoms with van der Waals surface area (Å²) in [5.41, 5.74) is 0.552. The summed E-state index contributed by atoms with van der Waals surface area (Å²) in [5, 5.41) is 0. The van der Waals surface area contributed by atoms with Gasteiger partial charge in [-0.05, 0) is 26.8 Å². The van der Waals surface area contributed by atoms with Crippen molar-refractivity contribution in [2.45, 2.75) is 32.3 Å². The molecule has 2 heterocycles. The van der Waals surface area contributed by atoms with Crippen molar-refractivity contribution in [2.75, 3.05) is 13.1 Å². The van der Waals surface area contributed by atoms with Crippen LogP contribution in [-0.2, 0) is 4.74 Å². The van der Waals surface area contributed by atoms with Crippen molar-refractivity contribution in [3.05, 3.63) is 24.3 Å². The number of likely N-dealkylation sites (tertiary alicyclic amines) is 1. The highest BCUT2D eigenvalue weighted by Crippen LogP contribution is 2.26. The molecule has 0 spiro atoms. The first-order valence-corrected chi connectivity index (χ1v) is 5.69. The minimum absolute atomic E-state index is 0.247. The highest BCUT2D eigenvalue weighted by molar-refractivity contribution is 5.69. The zero-order valence-corrected chi connectivity index (χ0v) is 10.4. The van der Waals surface area contributed by atoms with Crippen LogP contribution in [0.25, 0.3) is 0 Å². The molecule has 0 unspecified atom stereocenters. The predicted molar refractivity (Wildman–Crippen MR) is 62.6 cm³/mol. The summed E-state index contributed by atoms with van der Waals surface area (Å²) < 4.78 is 5.28. The maximum absolute atomic E-state index is 11.7. The van der Waals surface area contributed by atoms with Crippen molar-refractivity contribution >= 4 is 6.09 Å². The number of aromatic nitrogens is 2. The summed E-state index contributed by atoms with van der Waals surface area (Å²) in [6.07, 6.45) is 3.01. The fourth-order valence-corrected chi connectivity index (χ4v) is 1.68. The van der Waals surface area contributed by atoms with E-state index in [1.807, 2.05) is 26.8 Å². The van der Waals surface area contributed by atoms with E-state index < -0.39 is 5.60 Å². The molecule has 0 N–H and O–H groups in total. The van der Waals surface area contributed by atoms with Gasteiger partial charge in [0.15, 0.2) is 0 Å². The predicted octanol–water partition coefficient (Wildman–Crippen LogP) is 1.81. The summed E-state index contributed by atoms with van der Waals surface area (Å²) in [4.78, 5) is 21.4. The van der Waals surface area contributed by atoms with Crippen LogP contribution in [0.4, 0.5) is 4.79 Å². The van der Waals surface area contributed by atoms with Gasteiger partial charge in [-0.2, -0.15) is 0 Å². The third-order valence-electron chi connectivity index (χ3n) is 2.56. The fraction of sp³-hybridized carbons (Fsp3) is 0.583. The standard InChI is InChI=1S/C12H17N3O2/c1-12(2,3)17-11(16)15-6-9(7-15)10-4-5-13-8-14-10/h4-5,8-9H,6-7H2,1-3H3. The van der Waals surface area contributed by atoms with Gasteiger partial charge in [0.2, 0.25) is 0 Å². The second kappa shape index (κ2) is 4.31. The lowest BCUT2D eigenvalue weighted by Crippen LogP contribution is -2.50. The molecule has 1 amide bonds. The number of nitrogens with zero attached hydrogens (tertiary/aromatic N) is 3. The molecule has 0 bridgehead atoms. The first kappa shape index (κ1) is 11.8. The molecule has 1 aromatic heterocycles. The highest BCUT2D eigenvalue weighted by Gasteiger charge is 2.35. The van der Waals surface area contributed by atoms with Gasteiger partial charge in [-0.25, -0.2) is 14.8 Å². The van der Waals surface area contributed by atoms with Gasteiger partial charge in [-0.3, -0.25) is 0 Å². The molecule has 1 aromatic rings. The van der Waals surface area contributed by atoms with Crippen LogP contribution in [0, 0.1) is 0 Å². The summed E-state index contributed by atoms with van der Waals surface area (Å²) in [5.74, 6) is 0.311. The van der Waals surface area contributed by atoms with Gasteiger partial charge >= 0.3 is 6.09 Å². The van der Waals surface area contributed by atoms with Gasteiger partial charge in [-0.1, -0.05) is 0 Å². The van der Waals surface area contributed by atoms with E-state index in [0.29, 0.717) is 19.0 Å². The number of hydrogen-bond donors (Lipinski definition) is 0. The quantitative estimate of drug-likeness (QED) is 0.745. The normalized spacial score (nSPS) is 16.5. The van der Waals surface area contributed by atoms with E-state index in [4.69, 9.17) is 4.74 Å². The molecule has 92 valence electrons. The van der Waals surface area contributed by atoms with Gasteiger partial charge < -0.3 is 9.64 Å². The van der Waals surface area contributed by atoms with Crippen molar-refractivity contribution in [1.29, 1.82) is 0 Å². The zero-order chi connectivity index (χ0) is 12.5. The largest absolute Gasteiger partial charge is 0.444 e. The minimum atomic E-state index is -0.433. The maximum Gasteiger partial charge on any atom is 0.410 e. The molecule has 1 aliphatic rings. The smallest absolute Gasteiger partial charge is 0.410 e. The summed E-state index contributed by atoms with van der Waals surface area (Å²) in [6.45, 7) is 6.95. The Balaban J connectivity index is 1.85. The minimum Gasteiger partial charge on any atom is -0.444 e. The van der Waals surface area contributed by atoms with Crippen LogP contribution in [0.1, 0.15) is 32.4 Å². The van der Waals surface area contributed by atoms with Crippen molar-refractivity contribution in [3.8, 4) is 0 Å². The Morgan fingerprint density at radius 1 is 1.47 bits per heavy atom. The van der Waals surface area contributed by atoms with E-state index in [0.717, 1.165) is 5.69 Å². The monoisotopic (exact) mass is 235 g/mol. The first-order valence-electron chi connectivity index (χ1n) is 5.69. The molecule has 1 fully saturated rings. The van der Waals surface area contributed by atoms with Crippen molar-refractivity contribution in [2.24, 2.45) is 0 Å². The van der Waals surface area contributed by atoms with Crippen LogP contribution in [0.5, 0.6) is 0 Å². The molecule has 1 saturated heterocycles. The van der Waals surface area contributed by atoms with Crippen LogP contribution < -0.4 is 0 Å². The third-order valence-corrected chi connectivity index (χ3v) is 2.56. The highest BCUT2D eigenvalue weighted by atomic mass is 16.6. The van der Waals surface area contributed by atoms with E-state index in [1.165, 1.54) is 6.33 Å². The summed E-state index contributed by atoms with van der Waals surface area (Å²) >= 11 is 0. The summed E-state index contributed by atoms with van der Waals surface area (Å²) in [6, 6.07) is 1.89. The Hall–Kier alpha value is -1.65. The van der Waals surface area contributed by atoms with E-state index in [2.05, 4.69) is 9.97 Å². The Morgan fingerprint density at radius 2 is 2.18 bits per heavy atom. The van der Waals surface area contributed by atoms with Crippen LogP contribution in [0.15, 0.2) is 18.6 Å². The molecule has 5 heteroatoms. The molecule has 0 atom stereocenters. The Morgan fingerprint density at radius 3 is 2.71 bits per heavy atom. The Bertz CT molecular complexity index is 394. The van der Waals surface area contributed by atoms with E-state index in [1.54, 1.807) is 11.1 Å². The Kier molecular flexibility index (Phi) is 3.00. The SMILES string of the molecule is CC(C)(C)OC(=O)N1CC(c2ccncn2)C1. The number of amides is 1. The summed E-state index contributed by atoms with van der Waals surface area (Å²) in [7, 11) is 0. The molecule has 1 aliphatic heterocycles. The molecule has 0 saturated carbocycles. The van der Waals surface area contributed by atoms with Crippen molar-refractivity contribution in [1.82, 2.24) is 14.9 Å². The first-order chi connectivity index (χ1) is 7.96. The van der Waals surface area contributed by atoms with Gasteiger partial charge in [0, 0.05) is 25.2 Å². The van der Waals surface area contributed by atoms with Crippen LogP contribution in [0.3, 0.4) is 0 Å². The average Bonchev–Trinajstić information content (AvgIpc) is 2.14. The van der Waals surface area contributed by atoms with E-state index in [9.17, 15) is 4.79 Å². The Labute approximate surface area is 101 Å². The van der Waals surface area contributed by atoms with Crippen LogP contribution in [0.2, 0.25) is 0 Å². The fourth-order valence-electron chi connectivity index (χ4n) is 1.68. The van der Waals surface area contributed by atoms with Gasteiger partial charge in [0.1, 0.15) is 11.9 Å². The molecule has 0 aliphatic carbocycles. The zero-order valence-electron chi connectivity index (χ0n) is 10.4. The maximum atomic E-state index is 11.7. The molecule has 0 radical (unpaired) electrons. The lowest BCUT2D eigenvalue weighted by Gasteiger charge is -2.39. The topological polar surface area (TPSA) is 55.3 Å². The molecular weight excluding hydrogens is 218 g/mol. The second-order valence-electron chi connectivity index (χ2n) is 5.22. The van der Waals surface area contributed by atoms with Crippen LogP contribution in [-0.4, -0.2) is 39.7 Å². The van der Waals surface area contributed by atoms with Crippen LogP contribution >= 0.6 is 0 Å². The van der Waals surface area contributed by atoms with Crippen molar-refractivity contribution in [3.63, 3.8) is 0 Å². The number of carbonyl (C=O) groups excluding carboxylic acids is 1. The number of ether oxygens (including phenoxy) is 1. The number of hydrogen-bond acceptors (Lipinski definition) is 4. The second-order valence-corrected chi connectivity index (χ2v) is 5.22. The van der Waals surface area contributed by atoms with E-state index in [-0.39, 0.29) is 6.09 Å². The molecular formula is C12H17N3O2. The molecule has 0 aromatic carbocycles. The molecule has 17 heavy (non-hydrogen) atoms. The average molecular weight is 235 g/mol. The van der Waals surface area contributed by atoms with E-state index >= 15 is 0 Å². The lowest BCUT2D eigenvalue weighted by molar-refractivity contribution is 0.00787. The van der Waals surface area contributed by atoms with Gasteiger partial charge in [0.25, 0.3) is 0 Å². The lowest BCUT2D eigenvalue weighted by atomic mass is 9.97. The molecule has 2 rings (SSSR count). The van der Waals surface area contributed by atoms with Gasteiger partial charge in [-0.15, -0.1) is 0 Å². The number of rotatable bonds is 1.